The van der Waals surface area contributed by atoms with Crippen LogP contribution in [0.25, 0.3) is 0 Å². The number of aromatic nitrogens is 3. The van der Waals surface area contributed by atoms with E-state index in [9.17, 15) is 14.4 Å². The van der Waals surface area contributed by atoms with E-state index in [1.807, 2.05) is 0 Å². The predicted octanol–water partition coefficient (Wildman–Crippen LogP) is -1.35. The highest BCUT2D eigenvalue weighted by atomic mass is 16.6. The molecule has 2 rings (SSSR count). The summed E-state index contributed by atoms with van der Waals surface area (Å²) in [6, 6.07) is 0. The number of hydrogen-bond donors (Lipinski definition) is 1. The normalized spacial score (nSPS) is 14.7. The maximum absolute atomic E-state index is 12.0. The van der Waals surface area contributed by atoms with Crippen LogP contribution in [0.3, 0.4) is 0 Å². The zero-order chi connectivity index (χ0) is 15.2. The summed E-state index contributed by atoms with van der Waals surface area (Å²) in [5.41, 5.74) is 2.33. The second-order valence-electron chi connectivity index (χ2n) is 4.29. The Morgan fingerprint density at radius 3 is 2.24 bits per heavy atom. The fraction of sp³-hybridized carbons (Fsp3) is 0.545. The predicted molar refractivity (Wildman–Crippen MR) is 69.6 cm³/mol. The molecule has 0 aliphatic carbocycles. The number of rotatable bonds is 2. The van der Waals surface area contributed by atoms with E-state index in [-0.39, 0.29) is 13.1 Å². The topological polar surface area (TPSA) is 110 Å². The summed E-state index contributed by atoms with van der Waals surface area (Å²) in [5, 5.41) is 7.02. The number of carbonyl (C=O) groups is 3. The van der Waals surface area contributed by atoms with Crippen molar-refractivity contribution in [3.05, 3.63) is 12.7 Å². The molecule has 0 radical (unpaired) electrons. The molecule has 1 aliphatic heterocycles. The Balaban J connectivity index is 1.82. The number of piperazine rings is 1. The number of amides is 3. The summed E-state index contributed by atoms with van der Waals surface area (Å²) in [6.45, 7) is 3.28. The summed E-state index contributed by atoms with van der Waals surface area (Å²) in [7, 11) is 0. The third kappa shape index (κ3) is 3.68. The van der Waals surface area contributed by atoms with Crippen LogP contribution in [0.5, 0.6) is 0 Å². The van der Waals surface area contributed by atoms with E-state index in [4.69, 9.17) is 4.74 Å². The van der Waals surface area contributed by atoms with Crippen LogP contribution in [-0.4, -0.2) is 75.4 Å². The van der Waals surface area contributed by atoms with Gasteiger partial charge in [-0.15, -0.1) is 10.2 Å². The van der Waals surface area contributed by atoms with Gasteiger partial charge >= 0.3 is 17.9 Å². The summed E-state index contributed by atoms with van der Waals surface area (Å²) in [6.07, 6.45) is 2.13. The molecule has 0 spiro atoms. The van der Waals surface area contributed by atoms with Gasteiger partial charge in [0.15, 0.2) is 0 Å². The molecule has 3 amide bonds. The first kappa shape index (κ1) is 14.8. The second kappa shape index (κ2) is 6.68. The third-order valence-corrected chi connectivity index (χ3v) is 2.94. The van der Waals surface area contributed by atoms with E-state index in [0.717, 1.165) is 0 Å². The van der Waals surface area contributed by atoms with Crippen molar-refractivity contribution in [2.45, 2.75) is 6.92 Å². The van der Waals surface area contributed by atoms with E-state index < -0.39 is 17.9 Å². The van der Waals surface area contributed by atoms with Gasteiger partial charge in [-0.1, -0.05) is 0 Å². The van der Waals surface area contributed by atoms with Crippen LogP contribution in [0.1, 0.15) is 6.92 Å². The lowest BCUT2D eigenvalue weighted by Crippen LogP contribution is -2.53. The Hall–Kier alpha value is -2.65. The molecule has 1 aliphatic rings. The van der Waals surface area contributed by atoms with Crippen molar-refractivity contribution < 1.29 is 19.1 Å². The first-order valence-electron chi connectivity index (χ1n) is 6.48. The Kier molecular flexibility index (Phi) is 4.69. The van der Waals surface area contributed by atoms with E-state index in [1.54, 1.807) is 6.92 Å². The van der Waals surface area contributed by atoms with Gasteiger partial charge in [0, 0.05) is 26.2 Å². The molecule has 1 saturated heterocycles. The molecule has 1 aromatic rings. The minimum Gasteiger partial charge on any atom is -0.450 e. The van der Waals surface area contributed by atoms with Crippen LogP contribution in [0.2, 0.25) is 0 Å². The molecule has 0 aromatic carbocycles. The van der Waals surface area contributed by atoms with Gasteiger partial charge in [-0.25, -0.2) is 9.47 Å². The van der Waals surface area contributed by atoms with Crippen molar-refractivity contribution >= 4 is 17.9 Å². The third-order valence-electron chi connectivity index (χ3n) is 2.94. The van der Waals surface area contributed by atoms with Gasteiger partial charge in [-0.05, 0) is 6.92 Å². The van der Waals surface area contributed by atoms with Gasteiger partial charge in [-0.2, -0.15) is 0 Å². The molecule has 0 saturated carbocycles. The first-order chi connectivity index (χ1) is 10.1. The minimum absolute atomic E-state index is 0.285. The Morgan fingerprint density at radius 1 is 1.10 bits per heavy atom. The largest absolute Gasteiger partial charge is 0.450 e. The van der Waals surface area contributed by atoms with Gasteiger partial charge in [0.2, 0.25) is 0 Å². The number of nitrogens with zero attached hydrogens (tertiary/aromatic N) is 5. The van der Waals surface area contributed by atoms with Crippen molar-refractivity contribution in [3.63, 3.8) is 0 Å². The second-order valence-corrected chi connectivity index (χ2v) is 4.29. The molecule has 1 fully saturated rings. The molecule has 0 unspecified atom stereocenters. The van der Waals surface area contributed by atoms with Crippen LogP contribution in [0.4, 0.5) is 4.79 Å². The smallest absolute Gasteiger partial charge is 0.409 e. The van der Waals surface area contributed by atoms with Crippen molar-refractivity contribution in [2.75, 3.05) is 38.2 Å². The van der Waals surface area contributed by atoms with E-state index >= 15 is 0 Å². The SMILES string of the molecule is CCOC(=O)N1CCN(C(=O)C(=O)Nn2cnnc2)CC1. The average molecular weight is 296 g/mol. The summed E-state index contributed by atoms with van der Waals surface area (Å²) in [5.74, 6) is -1.44. The Labute approximate surface area is 120 Å². The fourth-order valence-electron chi connectivity index (χ4n) is 1.87. The molecule has 0 atom stereocenters. The maximum atomic E-state index is 12.0. The van der Waals surface area contributed by atoms with Gasteiger partial charge in [-0.3, -0.25) is 15.0 Å². The summed E-state index contributed by atoms with van der Waals surface area (Å²) >= 11 is 0. The molecule has 1 N–H and O–H groups in total. The molecular formula is C11H16N6O4. The first-order valence-corrected chi connectivity index (χ1v) is 6.48. The zero-order valence-electron chi connectivity index (χ0n) is 11.6. The molecule has 2 heterocycles. The van der Waals surface area contributed by atoms with Crippen LogP contribution in [0.15, 0.2) is 12.7 Å². The van der Waals surface area contributed by atoms with E-state index in [0.29, 0.717) is 19.7 Å². The molecular weight excluding hydrogens is 280 g/mol. The van der Waals surface area contributed by atoms with E-state index in [2.05, 4.69) is 15.6 Å². The minimum atomic E-state index is -0.778. The average Bonchev–Trinajstić information content (AvgIpc) is 3.00. The fourth-order valence-corrected chi connectivity index (χ4v) is 1.87. The highest BCUT2D eigenvalue weighted by Crippen LogP contribution is 2.04. The Morgan fingerprint density at radius 2 is 1.67 bits per heavy atom. The van der Waals surface area contributed by atoms with Crippen molar-refractivity contribution in [2.24, 2.45) is 0 Å². The van der Waals surface area contributed by atoms with Gasteiger partial charge in [0.05, 0.1) is 6.61 Å². The van der Waals surface area contributed by atoms with E-state index in [1.165, 1.54) is 27.1 Å². The molecule has 10 heteroatoms. The molecule has 10 nitrogen and oxygen atoms in total. The van der Waals surface area contributed by atoms with Crippen LogP contribution in [0, 0.1) is 0 Å². The van der Waals surface area contributed by atoms with Crippen LogP contribution >= 0.6 is 0 Å². The summed E-state index contributed by atoms with van der Waals surface area (Å²) in [4.78, 5) is 38.1. The Bertz CT molecular complexity index is 509. The molecule has 21 heavy (non-hydrogen) atoms. The lowest BCUT2D eigenvalue weighted by Gasteiger charge is -2.33. The number of nitrogens with one attached hydrogen (secondary N) is 1. The van der Waals surface area contributed by atoms with Crippen molar-refractivity contribution in [3.8, 4) is 0 Å². The van der Waals surface area contributed by atoms with Crippen molar-refractivity contribution in [1.29, 1.82) is 0 Å². The zero-order valence-corrected chi connectivity index (χ0v) is 11.6. The number of ether oxygens (including phenoxy) is 1. The monoisotopic (exact) mass is 296 g/mol. The maximum Gasteiger partial charge on any atom is 0.409 e. The molecule has 1 aromatic heterocycles. The molecule has 0 bridgehead atoms. The highest BCUT2D eigenvalue weighted by Gasteiger charge is 2.28. The number of carbonyl (C=O) groups excluding carboxylic acids is 3. The molecule has 114 valence electrons. The lowest BCUT2D eigenvalue weighted by atomic mass is 10.3. The highest BCUT2D eigenvalue weighted by molar-refractivity contribution is 6.38. The van der Waals surface area contributed by atoms with Gasteiger partial charge < -0.3 is 14.5 Å². The van der Waals surface area contributed by atoms with Gasteiger partial charge in [0.25, 0.3) is 0 Å². The summed E-state index contributed by atoms with van der Waals surface area (Å²) < 4.78 is 6.07. The van der Waals surface area contributed by atoms with Crippen LogP contribution in [-0.2, 0) is 14.3 Å². The van der Waals surface area contributed by atoms with Gasteiger partial charge in [0.1, 0.15) is 12.7 Å². The standard InChI is InChI=1S/C11H16N6O4/c1-2-21-11(20)16-5-3-15(4-6-16)10(19)9(18)14-17-7-12-13-8-17/h7-8H,2-6H2,1H3,(H,14,18). The quantitative estimate of drug-likeness (QED) is 0.676. The van der Waals surface area contributed by atoms with Crippen molar-refractivity contribution in [1.82, 2.24) is 24.7 Å². The lowest BCUT2D eigenvalue weighted by molar-refractivity contribution is -0.144. The van der Waals surface area contributed by atoms with Crippen LogP contribution < -0.4 is 5.43 Å². The number of hydrogen-bond acceptors (Lipinski definition) is 6.